The molecule has 2 rings (SSSR count). The van der Waals surface area contributed by atoms with Crippen LogP contribution in [0.15, 0.2) is 0 Å². The Morgan fingerprint density at radius 1 is 1.06 bits per heavy atom. The molecule has 2 atom stereocenters. The van der Waals surface area contributed by atoms with Crippen molar-refractivity contribution in [1.82, 2.24) is 5.32 Å². The van der Waals surface area contributed by atoms with E-state index < -0.39 is 12.1 Å². The van der Waals surface area contributed by atoms with Crippen molar-refractivity contribution in [3.8, 4) is 0 Å². The SMILES string of the molecule is O=C(N[C@@H]1CCC[C@H](C(F)(F)F)C1)C1CCC1. The lowest BCUT2D eigenvalue weighted by Gasteiger charge is -2.33. The van der Waals surface area contributed by atoms with Crippen LogP contribution in [0.1, 0.15) is 44.9 Å². The zero-order valence-corrected chi connectivity index (χ0v) is 9.72. The van der Waals surface area contributed by atoms with E-state index >= 15 is 0 Å². The molecule has 17 heavy (non-hydrogen) atoms. The third-order valence-corrected chi connectivity index (χ3v) is 3.96. The molecule has 0 spiro atoms. The Bertz CT molecular complexity index is 286. The van der Waals surface area contributed by atoms with Crippen LogP contribution in [0.3, 0.4) is 0 Å². The minimum absolute atomic E-state index is 0.0379. The van der Waals surface area contributed by atoms with E-state index in [2.05, 4.69) is 5.32 Å². The van der Waals surface area contributed by atoms with Gasteiger partial charge in [0, 0.05) is 12.0 Å². The van der Waals surface area contributed by atoms with Crippen molar-refractivity contribution in [3.63, 3.8) is 0 Å². The Morgan fingerprint density at radius 3 is 2.24 bits per heavy atom. The van der Waals surface area contributed by atoms with Gasteiger partial charge in [-0.25, -0.2) is 0 Å². The van der Waals surface area contributed by atoms with Crippen molar-refractivity contribution in [3.05, 3.63) is 0 Å². The average Bonchev–Trinajstić information content (AvgIpc) is 2.13. The Morgan fingerprint density at radius 2 is 1.71 bits per heavy atom. The van der Waals surface area contributed by atoms with Gasteiger partial charge >= 0.3 is 6.18 Å². The van der Waals surface area contributed by atoms with Gasteiger partial charge in [0.15, 0.2) is 0 Å². The highest BCUT2D eigenvalue weighted by Gasteiger charge is 2.42. The van der Waals surface area contributed by atoms with Crippen molar-refractivity contribution in [2.75, 3.05) is 0 Å². The lowest BCUT2D eigenvalue weighted by Crippen LogP contribution is -2.45. The topological polar surface area (TPSA) is 29.1 Å². The number of alkyl halides is 3. The van der Waals surface area contributed by atoms with E-state index in [1.165, 1.54) is 0 Å². The number of carbonyl (C=O) groups excluding carboxylic acids is 1. The maximum Gasteiger partial charge on any atom is 0.391 e. The van der Waals surface area contributed by atoms with Crippen LogP contribution in [0.2, 0.25) is 0 Å². The molecule has 0 unspecified atom stereocenters. The number of hydrogen-bond donors (Lipinski definition) is 1. The summed E-state index contributed by atoms with van der Waals surface area (Å²) < 4.78 is 37.7. The first-order valence-electron chi connectivity index (χ1n) is 6.34. The van der Waals surface area contributed by atoms with Crippen LogP contribution in [0.25, 0.3) is 0 Å². The van der Waals surface area contributed by atoms with Crippen LogP contribution >= 0.6 is 0 Å². The molecule has 1 amide bonds. The van der Waals surface area contributed by atoms with Crippen LogP contribution in [-0.4, -0.2) is 18.1 Å². The molecule has 0 aromatic heterocycles. The first kappa shape index (κ1) is 12.7. The molecule has 2 nitrogen and oxygen atoms in total. The maximum atomic E-state index is 12.6. The van der Waals surface area contributed by atoms with E-state index in [0.29, 0.717) is 12.8 Å². The third-order valence-electron chi connectivity index (χ3n) is 3.96. The van der Waals surface area contributed by atoms with Crippen LogP contribution < -0.4 is 5.32 Å². The van der Waals surface area contributed by atoms with Gasteiger partial charge in [0.05, 0.1) is 5.92 Å². The second-order valence-electron chi connectivity index (χ2n) is 5.24. The Labute approximate surface area is 98.9 Å². The Kier molecular flexibility index (Phi) is 3.64. The lowest BCUT2D eigenvalue weighted by molar-refractivity contribution is -0.184. The van der Waals surface area contributed by atoms with Gasteiger partial charge in [-0.05, 0) is 32.1 Å². The first-order chi connectivity index (χ1) is 7.97. The normalized spacial score (nSPS) is 30.8. The zero-order valence-electron chi connectivity index (χ0n) is 9.72. The quantitative estimate of drug-likeness (QED) is 0.800. The molecular weight excluding hydrogens is 231 g/mol. The molecule has 0 aromatic carbocycles. The van der Waals surface area contributed by atoms with E-state index in [-0.39, 0.29) is 30.7 Å². The fraction of sp³-hybridized carbons (Fsp3) is 0.917. The molecule has 0 heterocycles. The standard InChI is InChI=1S/C12H18F3NO/c13-12(14,15)9-5-2-6-10(7-9)16-11(17)8-3-1-4-8/h8-10H,1-7H2,(H,16,17)/t9-,10+/m0/s1. The van der Waals surface area contributed by atoms with Gasteiger partial charge in [0.25, 0.3) is 0 Å². The van der Waals surface area contributed by atoms with Crippen molar-refractivity contribution < 1.29 is 18.0 Å². The molecule has 0 aromatic rings. The van der Waals surface area contributed by atoms with Crippen molar-refractivity contribution in [2.45, 2.75) is 57.2 Å². The van der Waals surface area contributed by atoms with Crippen LogP contribution in [0, 0.1) is 11.8 Å². The minimum Gasteiger partial charge on any atom is -0.353 e. The monoisotopic (exact) mass is 249 g/mol. The fourth-order valence-electron chi connectivity index (χ4n) is 2.61. The molecule has 0 saturated heterocycles. The summed E-state index contributed by atoms with van der Waals surface area (Å²) in [5.74, 6) is -1.21. The minimum atomic E-state index is -4.11. The smallest absolute Gasteiger partial charge is 0.353 e. The van der Waals surface area contributed by atoms with E-state index in [1.54, 1.807) is 0 Å². The van der Waals surface area contributed by atoms with E-state index in [1.807, 2.05) is 0 Å². The molecule has 0 bridgehead atoms. The predicted molar refractivity (Wildman–Crippen MR) is 57.3 cm³/mol. The number of halogens is 3. The largest absolute Gasteiger partial charge is 0.391 e. The molecule has 0 aliphatic heterocycles. The molecule has 0 radical (unpaired) electrons. The number of rotatable bonds is 2. The molecular formula is C12H18F3NO. The highest BCUT2D eigenvalue weighted by molar-refractivity contribution is 5.79. The van der Waals surface area contributed by atoms with E-state index in [0.717, 1.165) is 19.3 Å². The molecule has 1 N–H and O–H groups in total. The Hall–Kier alpha value is -0.740. The number of carbonyl (C=O) groups is 1. The van der Waals surface area contributed by atoms with Crippen molar-refractivity contribution in [1.29, 1.82) is 0 Å². The number of amides is 1. The van der Waals surface area contributed by atoms with Crippen LogP contribution in [-0.2, 0) is 4.79 Å². The zero-order chi connectivity index (χ0) is 12.5. The second-order valence-corrected chi connectivity index (χ2v) is 5.24. The van der Waals surface area contributed by atoms with E-state index in [4.69, 9.17) is 0 Å². The molecule has 2 aliphatic carbocycles. The van der Waals surface area contributed by atoms with Gasteiger partial charge < -0.3 is 5.32 Å². The molecule has 2 aliphatic rings. The predicted octanol–water partition coefficient (Wildman–Crippen LogP) is 3.02. The van der Waals surface area contributed by atoms with Crippen LogP contribution in [0.4, 0.5) is 13.2 Å². The summed E-state index contributed by atoms with van der Waals surface area (Å²) >= 11 is 0. The first-order valence-corrected chi connectivity index (χ1v) is 6.34. The van der Waals surface area contributed by atoms with Gasteiger partial charge in [0.1, 0.15) is 0 Å². The van der Waals surface area contributed by atoms with Crippen molar-refractivity contribution >= 4 is 5.91 Å². The Balaban J connectivity index is 1.82. The maximum absolute atomic E-state index is 12.6. The summed E-state index contributed by atoms with van der Waals surface area (Å²) in [7, 11) is 0. The summed E-state index contributed by atoms with van der Waals surface area (Å²) in [6, 6.07) is -0.275. The fourth-order valence-corrected chi connectivity index (χ4v) is 2.61. The summed E-state index contributed by atoms with van der Waals surface area (Å²) in [6.07, 6.45) is 0.238. The number of hydrogen-bond acceptors (Lipinski definition) is 1. The lowest BCUT2D eigenvalue weighted by atomic mass is 9.82. The van der Waals surface area contributed by atoms with E-state index in [9.17, 15) is 18.0 Å². The van der Waals surface area contributed by atoms with Gasteiger partial charge in [0.2, 0.25) is 5.91 Å². The highest BCUT2D eigenvalue weighted by Crippen LogP contribution is 2.37. The molecule has 5 heteroatoms. The number of nitrogens with one attached hydrogen (secondary N) is 1. The van der Waals surface area contributed by atoms with Gasteiger partial charge in [-0.3, -0.25) is 4.79 Å². The average molecular weight is 249 g/mol. The summed E-state index contributed by atoms with van der Waals surface area (Å²) in [4.78, 5) is 11.7. The molecule has 2 saturated carbocycles. The third kappa shape index (κ3) is 3.13. The van der Waals surface area contributed by atoms with Gasteiger partial charge in [-0.1, -0.05) is 12.8 Å². The van der Waals surface area contributed by atoms with Crippen LogP contribution in [0.5, 0.6) is 0 Å². The van der Waals surface area contributed by atoms with Crippen molar-refractivity contribution in [2.24, 2.45) is 11.8 Å². The molecule has 2 fully saturated rings. The second kappa shape index (κ2) is 4.86. The molecule has 98 valence electrons. The van der Waals surface area contributed by atoms with Gasteiger partial charge in [-0.15, -0.1) is 0 Å². The summed E-state index contributed by atoms with van der Waals surface area (Å²) in [5.41, 5.74) is 0. The summed E-state index contributed by atoms with van der Waals surface area (Å²) in [6.45, 7) is 0. The van der Waals surface area contributed by atoms with Gasteiger partial charge in [-0.2, -0.15) is 13.2 Å². The highest BCUT2D eigenvalue weighted by atomic mass is 19.4. The summed E-state index contributed by atoms with van der Waals surface area (Å²) in [5, 5.41) is 2.78.